The SMILES string of the molecule is CCCC(O)c1ccc(C2CCC3C(c4ccc(C5CO5)cc4F)=CCC32)c(F)c1. The van der Waals surface area contributed by atoms with Crippen molar-refractivity contribution in [3.05, 3.63) is 76.4 Å². The maximum absolute atomic E-state index is 15.0. The summed E-state index contributed by atoms with van der Waals surface area (Å²) in [5.41, 5.74) is 4.07. The summed E-state index contributed by atoms with van der Waals surface area (Å²) in [5.74, 6) is 0.327. The number of ether oxygens (including phenoxy) is 1. The van der Waals surface area contributed by atoms with Crippen molar-refractivity contribution < 1.29 is 18.6 Å². The molecule has 1 N–H and O–H groups in total. The van der Waals surface area contributed by atoms with Gasteiger partial charge in [0, 0.05) is 5.56 Å². The van der Waals surface area contributed by atoms with Gasteiger partial charge in [-0.1, -0.05) is 43.7 Å². The Labute approximate surface area is 176 Å². The van der Waals surface area contributed by atoms with Crippen molar-refractivity contribution in [2.24, 2.45) is 11.8 Å². The third kappa shape index (κ3) is 3.50. The van der Waals surface area contributed by atoms with Crippen molar-refractivity contribution in [2.75, 3.05) is 6.61 Å². The minimum absolute atomic E-state index is 0.0523. The van der Waals surface area contributed by atoms with Gasteiger partial charge in [0.1, 0.15) is 17.7 Å². The Kier molecular flexibility index (Phi) is 5.24. The van der Waals surface area contributed by atoms with Crippen molar-refractivity contribution >= 4 is 5.57 Å². The summed E-state index contributed by atoms with van der Waals surface area (Å²) < 4.78 is 35.1. The van der Waals surface area contributed by atoms with Gasteiger partial charge in [0.2, 0.25) is 0 Å². The summed E-state index contributed by atoms with van der Waals surface area (Å²) in [7, 11) is 0. The van der Waals surface area contributed by atoms with Crippen LogP contribution in [0.3, 0.4) is 0 Å². The molecule has 2 nitrogen and oxygen atoms in total. The van der Waals surface area contributed by atoms with Gasteiger partial charge in [-0.05, 0) is 77.8 Å². The van der Waals surface area contributed by atoms with Crippen molar-refractivity contribution in [3.63, 3.8) is 0 Å². The largest absolute Gasteiger partial charge is 0.388 e. The van der Waals surface area contributed by atoms with Gasteiger partial charge in [0.05, 0.1) is 12.7 Å². The molecule has 1 saturated carbocycles. The Morgan fingerprint density at radius 3 is 2.57 bits per heavy atom. The minimum Gasteiger partial charge on any atom is -0.388 e. The predicted octanol–water partition coefficient (Wildman–Crippen LogP) is 6.47. The first-order valence-corrected chi connectivity index (χ1v) is 11.2. The topological polar surface area (TPSA) is 32.8 Å². The first kappa shape index (κ1) is 19.9. The summed E-state index contributed by atoms with van der Waals surface area (Å²) >= 11 is 0. The van der Waals surface area contributed by atoms with Crippen LogP contribution in [0.4, 0.5) is 8.78 Å². The first-order valence-electron chi connectivity index (χ1n) is 11.2. The second-order valence-corrected chi connectivity index (χ2v) is 9.00. The molecule has 5 unspecified atom stereocenters. The van der Waals surface area contributed by atoms with Gasteiger partial charge in [0.25, 0.3) is 0 Å². The van der Waals surface area contributed by atoms with Gasteiger partial charge in [-0.15, -0.1) is 0 Å². The molecule has 2 aromatic rings. The molecule has 1 aliphatic heterocycles. The normalized spacial score (nSPS) is 28.3. The van der Waals surface area contributed by atoms with Crippen molar-refractivity contribution in [1.29, 1.82) is 0 Å². The van der Waals surface area contributed by atoms with E-state index in [2.05, 4.69) is 6.08 Å². The molecule has 0 bridgehead atoms. The molecule has 30 heavy (non-hydrogen) atoms. The van der Waals surface area contributed by atoms with Gasteiger partial charge in [-0.2, -0.15) is 0 Å². The Balaban J connectivity index is 1.35. The van der Waals surface area contributed by atoms with Crippen LogP contribution in [0.15, 0.2) is 42.5 Å². The lowest BCUT2D eigenvalue weighted by molar-refractivity contribution is 0.166. The summed E-state index contributed by atoms with van der Waals surface area (Å²) in [6.07, 6.45) is 5.82. The monoisotopic (exact) mass is 410 g/mol. The number of aliphatic hydroxyl groups is 1. The number of halogens is 2. The van der Waals surface area contributed by atoms with E-state index in [9.17, 15) is 13.9 Å². The molecular formula is C26H28F2O2. The zero-order chi connectivity index (χ0) is 20.8. The van der Waals surface area contributed by atoms with Gasteiger partial charge < -0.3 is 9.84 Å². The van der Waals surface area contributed by atoms with E-state index in [4.69, 9.17) is 4.74 Å². The van der Waals surface area contributed by atoms with Crippen LogP contribution in [0, 0.1) is 23.5 Å². The Bertz CT molecular complexity index is 979. The zero-order valence-electron chi connectivity index (χ0n) is 17.3. The number of rotatable bonds is 6. The van der Waals surface area contributed by atoms with E-state index in [1.807, 2.05) is 31.2 Å². The molecule has 2 aromatic carbocycles. The van der Waals surface area contributed by atoms with E-state index in [0.29, 0.717) is 30.1 Å². The Hall–Kier alpha value is -2.04. The number of epoxide rings is 1. The zero-order valence-corrected chi connectivity index (χ0v) is 17.3. The van der Waals surface area contributed by atoms with Crippen LogP contribution in [0.5, 0.6) is 0 Å². The smallest absolute Gasteiger partial charge is 0.131 e. The predicted molar refractivity (Wildman–Crippen MR) is 113 cm³/mol. The molecule has 0 amide bonds. The van der Waals surface area contributed by atoms with Gasteiger partial charge in [-0.25, -0.2) is 8.78 Å². The lowest BCUT2D eigenvalue weighted by Crippen LogP contribution is -2.12. The summed E-state index contributed by atoms with van der Waals surface area (Å²) in [5, 5.41) is 10.2. The van der Waals surface area contributed by atoms with Gasteiger partial charge in [-0.3, -0.25) is 0 Å². The van der Waals surface area contributed by atoms with Crippen molar-refractivity contribution in [2.45, 2.75) is 57.2 Å². The number of fused-ring (bicyclic) bond motifs is 1. The molecular weight excluding hydrogens is 382 g/mol. The van der Waals surface area contributed by atoms with Crippen LogP contribution >= 0.6 is 0 Å². The molecule has 5 rings (SSSR count). The summed E-state index contributed by atoms with van der Waals surface area (Å²) in [6.45, 7) is 2.68. The quantitative estimate of drug-likeness (QED) is 0.554. The molecule has 2 aliphatic carbocycles. The van der Waals surface area contributed by atoms with E-state index in [-0.39, 0.29) is 29.6 Å². The highest BCUT2D eigenvalue weighted by molar-refractivity contribution is 5.71. The molecule has 0 aromatic heterocycles. The molecule has 158 valence electrons. The fraction of sp³-hybridized carbons (Fsp3) is 0.462. The molecule has 4 heteroatoms. The van der Waals surface area contributed by atoms with Crippen molar-refractivity contribution in [1.82, 2.24) is 0 Å². The minimum atomic E-state index is -0.610. The van der Waals surface area contributed by atoms with E-state index < -0.39 is 6.10 Å². The number of hydrogen-bond donors (Lipinski definition) is 1. The molecule has 2 fully saturated rings. The van der Waals surface area contributed by atoms with E-state index in [1.54, 1.807) is 6.07 Å². The summed E-state index contributed by atoms with van der Waals surface area (Å²) in [4.78, 5) is 0. The average molecular weight is 411 g/mol. The lowest BCUT2D eigenvalue weighted by Gasteiger charge is -2.22. The van der Waals surface area contributed by atoms with Crippen molar-refractivity contribution in [3.8, 4) is 0 Å². The lowest BCUT2D eigenvalue weighted by atomic mass is 9.83. The fourth-order valence-electron chi connectivity index (χ4n) is 5.59. The molecule has 1 heterocycles. The second kappa shape index (κ2) is 7.90. The number of allylic oxidation sites excluding steroid dienone is 2. The average Bonchev–Trinajstić information content (AvgIpc) is 3.38. The highest BCUT2D eigenvalue weighted by atomic mass is 19.1. The second-order valence-electron chi connectivity index (χ2n) is 9.00. The third-order valence-corrected chi connectivity index (χ3v) is 7.21. The maximum atomic E-state index is 15.0. The maximum Gasteiger partial charge on any atom is 0.131 e. The van der Waals surface area contributed by atoms with E-state index in [0.717, 1.165) is 42.4 Å². The molecule has 5 atom stereocenters. The number of aliphatic hydroxyl groups excluding tert-OH is 1. The van der Waals surface area contributed by atoms with Gasteiger partial charge in [0.15, 0.2) is 0 Å². The van der Waals surface area contributed by atoms with Crippen LogP contribution in [-0.2, 0) is 4.74 Å². The molecule has 0 radical (unpaired) electrons. The van der Waals surface area contributed by atoms with Crippen LogP contribution in [0.25, 0.3) is 5.57 Å². The van der Waals surface area contributed by atoms with Crippen LogP contribution in [0.1, 0.15) is 79.4 Å². The highest BCUT2D eigenvalue weighted by Crippen LogP contribution is 2.55. The molecule has 0 spiro atoms. The van der Waals surface area contributed by atoms with Gasteiger partial charge >= 0.3 is 0 Å². The van der Waals surface area contributed by atoms with Crippen LogP contribution in [-0.4, -0.2) is 11.7 Å². The standard InChI is InChI=1S/C26H28F2O2/c1-2-3-25(29)15-4-6-21(23(27)12-15)19-10-8-18-17(19)9-11-20(18)22-7-5-16(13-24(22)28)26-14-30-26/h4-7,11-13,17-19,25-26,29H,2-3,8-10,14H2,1H3. The Morgan fingerprint density at radius 2 is 1.87 bits per heavy atom. The molecule has 3 aliphatic rings. The third-order valence-electron chi connectivity index (χ3n) is 7.21. The fourth-order valence-corrected chi connectivity index (χ4v) is 5.59. The summed E-state index contributed by atoms with van der Waals surface area (Å²) in [6, 6.07) is 10.7. The first-order chi connectivity index (χ1) is 14.6. The van der Waals surface area contributed by atoms with E-state index in [1.165, 1.54) is 6.07 Å². The number of hydrogen-bond acceptors (Lipinski definition) is 2. The Morgan fingerprint density at radius 1 is 1.07 bits per heavy atom. The van der Waals surface area contributed by atoms with Crippen LogP contribution < -0.4 is 0 Å². The molecule has 1 saturated heterocycles. The van der Waals surface area contributed by atoms with E-state index >= 15 is 0 Å². The highest BCUT2D eigenvalue weighted by Gasteiger charge is 2.43. The van der Waals surface area contributed by atoms with Crippen LogP contribution in [0.2, 0.25) is 0 Å². The number of benzene rings is 2.